The SMILES string of the molecule is Cc1ccc(S(=O)(=O)NC2CCCCC2Br)cc1[N+](=O)[O-]. The van der Waals surface area contributed by atoms with E-state index in [1.165, 1.54) is 12.1 Å². The summed E-state index contributed by atoms with van der Waals surface area (Å²) in [5.41, 5.74) is 0.256. The molecule has 21 heavy (non-hydrogen) atoms. The molecular formula is C13H17BrN2O4S. The molecule has 1 aromatic carbocycles. The van der Waals surface area contributed by atoms with Crippen LogP contribution in [0.15, 0.2) is 23.1 Å². The Labute approximate surface area is 132 Å². The van der Waals surface area contributed by atoms with Gasteiger partial charge < -0.3 is 0 Å². The highest BCUT2D eigenvalue weighted by atomic mass is 79.9. The molecule has 1 saturated carbocycles. The second-order valence-electron chi connectivity index (χ2n) is 5.23. The van der Waals surface area contributed by atoms with E-state index in [2.05, 4.69) is 20.7 Å². The van der Waals surface area contributed by atoms with E-state index in [9.17, 15) is 18.5 Å². The van der Waals surface area contributed by atoms with Crippen LogP contribution < -0.4 is 4.72 Å². The molecule has 6 nitrogen and oxygen atoms in total. The lowest BCUT2D eigenvalue weighted by Crippen LogP contribution is -2.42. The normalized spacial score (nSPS) is 23.0. The number of aryl methyl sites for hydroxylation is 1. The third kappa shape index (κ3) is 3.81. The third-order valence-corrected chi connectivity index (χ3v) is 6.26. The first-order valence-corrected chi connectivity index (χ1v) is 9.12. The van der Waals surface area contributed by atoms with Gasteiger partial charge in [0.15, 0.2) is 0 Å². The average Bonchev–Trinajstić information content (AvgIpc) is 2.41. The molecule has 0 aromatic heterocycles. The maximum Gasteiger partial charge on any atom is 0.273 e. The monoisotopic (exact) mass is 376 g/mol. The number of hydrogen-bond acceptors (Lipinski definition) is 4. The van der Waals surface area contributed by atoms with Crippen molar-refractivity contribution in [2.45, 2.75) is 48.4 Å². The van der Waals surface area contributed by atoms with Gasteiger partial charge in [0.2, 0.25) is 10.0 Å². The molecule has 116 valence electrons. The smallest absolute Gasteiger partial charge is 0.258 e. The van der Waals surface area contributed by atoms with Gasteiger partial charge in [-0.25, -0.2) is 13.1 Å². The average molecular weight is 377 g/mol. The molecule has 2 rings (SSSR count). The van der Waals surface area contributed by atoms with Crippen LogP contribution in [0.25, 0.3) is 0 Å². The Kier molecular flexibility index (Phi) is 5.00. The van der Waals surface area contributed by atoms with Gasteiger partial charge in [-0.2, -0.15) is 0 Å². The second kappa shape index (κ2) is 6.41. The number of halogens is 1. The summed E-state index contributed by atoms with van der Waals surface area (Å²) in [4.78, 5) is 10.4. The van der Waals surface area contributed by atoms with Crippen LogP contribution in [0.5, 0.6) is 0 Å². The molecule has 1 N–H and O–H groups in total. The quantitative estimate of drug-likeness (QED) is 0.496. The van der Waals surface area contributed by atoms with Crippen molar-refractivity contribution in [1.82, 2.24) is 4.72 Å². The summed E-state index contributed by atoms with van der Waals surface area (Å²) in [6.07, 6.45) is 3.73. The van der Waals surface area contributed by atoms with Gasteiger partial charge >= 0.3 is 0 Å². The van der Waals surface area contributed by atoms with Gasteiger partial charge in [0.25, 0.3) is 5.69 Å². The minimum atomic E-state index is -3.75. The Hall–Kier alpha value is -0.990. The van der Waals surface area contributed by atoms with Crippen LogP contribution in [0.3, 0.4) is 0 Å². The molecule has 0 radical (unpaired) electrons. The summed E-state index contributed by atoms with van der Waals surface area (Å²) in [5.74, 6) is 0. The third-order valence-electron chi connectivity index (χ3n) is 3.68. The van der Waals surface area contributed by atoms with Crippen molar-refractivity contribution in [3.63, 3.8) is 0 Å². The zero-order valence-corrected chi connectivity index (χ0v) is 14.0. The van der Waals surface area contributed by atoms with E-state index in [1.54, 1.807) is 6.92 Å². The molecule has 2 unspecified atom stereocenters. The molecule has 0 saturated heterocycles. The first-order valence-electron chi connectivity index (χ1n) is 6.73. The molecule has 0 bridgehead atoms. The molecule has 8 heteroatoms. The Morgan fingerprint density at radius 1 is 1.33 bits per heavy atom. The van der Waals surface area contributed by atoms with Crippen LogP contribution >= 0.6 is 15.9 Å². The Morgan fingerprint density at radius 3 is 2.62 bits per heavy atom. The minimum Gasteiger partial charge on any atom is -0.258 e. The van der Waals surface area contributed by atoms with Crippen molar-refractivity contribution in [2.24, 2.45) is 0 Å². The number of benzene rings is 1. The molecule has 1 aliphatic carbocycles. The fourth-order valence-electron chi connectivity index (χ4n) is 2.44. The van der Waals surface area contributed by atoms with E-state index in [4.69, 9.17) is 0 Å². The van der Waals surface area contributed by atoms with Crippen LogP contribution in [0, 0.1) is 17.0 Å². The van der Waals surface area contributed by atoms with Gasteiger partial charge in [-0.3, -0.25) is 10.1 Å². The lowest BCUT2D eigenvalue weighted by atomic mass is 9.96. The molecule has 2 atom stereocenters. The van der Waals surface area contributed by atoms with E-state index in [0.29, 0.717) is 5.56 Å². The Balaban J connectivity index is 2.27. The number of nitrogens with one attached hydrogen (secondary N) is 1. The number of sulfonamides is 1. The van der Waals surface area contributed by atoms with Crippen LogP contribution in [-0.2, 0) is 10.0 Å². The highest BCUT2D eigenvalue weighted by Gasteiger charge is 2.28. The van der Waals surface area contributed by atoms with Gasteiger partial charge in [0, 0.05) is 22.5 Å². The van der Waals surface area contributed by atoms with E-state index < -0.39 is 14.9 Å². The lowest BCUT2D eigenvalue weighted by Gasteiger charge is -2.27. The minimum absolute atomic E-state index is 0.0647. The fraction of sp³-hybridized carbons (Fsp3) is 0.538. The largest absolute Gasteiger partial charge is 0.273 e. The van der Waals surface area contributed by atoms with E-state index in [1.807, 2.05) is 0 Å². The standard InChI is InChI=1S/C13H17BrN2O4S/c1-9-6-7-10(8-13(9)16(17)18)21(19,20)15-12-5-3-2-4-11(12)14/h6-8,11-12,15H,2-5H2,1H3. The molecule has 1 aliphatic rings. The summed E-state index contributed by atoms with van der Waals surface area (Å²) in [6.45, 7) is 1.58. The summed E-state index contributed by atoms with van der Waals surface area (Å²) in [7, 11) is -3.75. The highest BCUT2D eigenvalue weighted by Crippen LogP contribution is 2.27. The van der Waals surface area contributed by atoms with Crippen molar-refractivity contribution in [3.8, 4) is 0 Å². The van der Waals surface area contributed by atoms with Crippen LogP contribution in [0.1, 0.15) is 31.2 Å². The van der Waals surface area contributed by atoms with E-state index in [0.717, 1.165) is 31.7 Å². The zero-order chi connectivity index (χ0) is 15.6. The predicted molar refractivity (Wildman–Crippen MR) is 83.1 cm³/mol. The molecule has 1 aromatic rings. The summed E-state index contributed by atoms with van der Waals surface area (Å²) >= 11 is 3.49. The van der Waals surface area contributed by atoms with Crippen molar-refractivity contribution in [1.29, 1.82) is 0 Å². The van der Waals surface area contributed by atoms with Crippen molar-refractivity contribution >= 4 is 31.6 Å². The number of rotatable bonds is 4. The molecule has 0 aliphatic heterocycles. The highest BCUT2D eigenvalue weighted by molar-refractivity contribution is 9.09. The molecular weight excluding hydrogens is 360 g/mol. The molecule has 0 spiro atoms. The molecule has 0 amide bonds. The van der Waals surface area contributed by atoms with Gasteiger partial charge in [-0.15, -0.1) is 0 Å². The van der Waals surface area contributed by atoms with E-state index in [-0.39, 0.29) is 21.5 Å². The van der Waals surface area contributed by atoms with Crippen LogP contribution in [0.2, 0.25) is 0 Å². The maximum atomic E-state index is 12.4. The second-order valence-corrected chi connectivity index (χ2v) is 8.12. The number of hydrogen-bond donors (Lipinski definition) is 1. The first kappa shape index (κ1) is 16.4. The number of nitro groups is 1. The Morgan fingerprint density at radius 2 is 2.00 bits per heavy atom. The lowest BCUT2D eigenvalue weighted by molar-refractivity contribution is -0.385. The summed E-state index contributed by atoms with van der Waals surface area (Å²) in [6, 6.07) is 3.80. The number of nitro benzene ring substituents is 1. The predicted octanol–water partition coefficient (Wildman–Crippen LogP) is 2.89. The van der Waals surface area contributed by atoms with Gasteiger partial charge in [0.05, 0.1) is 9.82 Å². The fourth-order valence-corrected chi connectivity index (χ4v) is 4.66. The van der Waals surface area contributed by atoms with E-state index >= 15 is 0 Å². The maximum absolute atomic E-state index is 12.4. The first-order chi connectivity index (χ1) is 9.81. The summed E-state index contributed by atoms with van der Waals surface area (Å²) < 4.78 is 27.4. The number of alkyl halides is 1. The van der Waals surface area contributed by atoms with Crippen molar-refractivity contribution in [3.05, 3.63) is 33.9 Å². The van der Waals surface area contributed by atoms with Gasteiger partial charge in [-0.05, 0) is 25.8 Å². The van der Waals surface area contributed by atoms with Crippen LogP contribution in [0.4, 0.5) is 5.69 Å². The van der Waals surface area contributed by atoms with Crippen LogP contribution in [-0.4, -0.2) is 24.2 Å². The molecule has 1 fully saturated rings. The zero-order valence-electron chi connectivity index (χ0n) is 11.6. The summed E-state index contributed by atoms with van der Waals surface area (Å²) in [5, 5.41) is 10.9. The van der Waals surface area contributed by atoms with Crippen molar-refractivity contribution < 1.29 is 13.3 Å². The number of nitrogens with zero attached hydrogens (tertiary/aromatic N) is 1. The molecule has 0 heterocycles. The topological polar surface area (TPSA) is 89.3 Å². The van der Waals surface area contributed by atoms with Gasteiger partial charge in [0.1, 0.15) is 0 Å². The van der Waals surface area contributed by atoms with Gasteiger partial charge in [-0.1, -0.05) is 34.8 Å². The van der Waals surface area contributed by atoms with Crippen molar-refractivity contribution in [2.75, 3.05) is 0 Å². The Bertz CT molecular complexity index is 648.